The van der Waals surface area contributed by atoms with Gasteiger partial charge in [0.25, 0.3) is 0 Å². The zero-order valence-corrected chi connectivity index (χ0v) is 9.34. The van der Waals surface area contributed by atoms with E-state index in [1.54, 1.807) is 0 Å². The summed E-state index contributed by atoms with van der Waals surface area (Å²) in [4.78, 5) is 0. The maximum atomic E-state index is 8.65. The maximum Gasteiger partial charge on any atom is 0.0431 e. The highest BCUT2D eigenvalue weighted by Crippen LogP contribution is 2.04. The predicted octanol–water partition coefficient (Wildman–Crippen LogP) is 2.17. The molecule has 0 amide bonds. The van der Waals surface area contributed by atoms with Crippen LogP contribution in [-0.2, 0) is 0 Å². The van der Waals surface area contributed by atoms with Gasteiger partial charge in [0.1, 0.15) is 0 Å². The number of nitrogens with one attached hydrogen (secondary N) is 1. The van der Waals surface area contributed by atoms with Crippen LogP contribution in [0.15, 0.2) is 0 Å². The summed E-state index contributed by atoms with van der Waals surface area (Å²) >= 11 is 0. The number of aliphatic hydroxyl groups excluding tert-OH is 1. The Balaban J connectivity index is 3.29. The van der Waals surface area contributed by atoms with Crippen molar-refractivity contribution in [1.82, 2.24) is 5.32 Å². The second kappa shape index (κ2) is 8.52. The Hall–Kier alpha value is -0.0800. The van der Waals surface area contributed by atoms with E-state index in [2.05, 4.69) is 26.1 Å². The van der Waals surface area contributed by atoms with E-state index >= 15 is 0 Å². The second-order valence-electron chi connectivity index (χ2n) is 4.07. The molecule has 0 rings (SSSR count). The monoisotopic (exact) mass is 187 g/mol. The zero-order valence-electron chi connectivity index (χ0n) is 9.34. The SMILES string of the molecule is CCCC(C)CNC(C)CCCO. The first kappa shape index (κ1) is 12.9. The molecule has 0 radical (unpaired) electrons. The van der Waals surface area contributed by atoms with E-state index in [0.29, 0.717) is 12.6 Å². The summed E-state index contributed by atoms with van der Waals surface area (Å²) in [6, 6.07) is 0.548. The Morgan fingerprint density at radius 3 is 2.46 bits per heavy atom. The van der Waals surface area contributed by atoms with E-state index in [9.17, 15) is 0 Å². The topological polar surface area (TPSA) is 32.3 Å². The van der Waals surface area contributed by atoms with E-state index in [1.165, 1.54) is 12.8 Å². The molecule has 0 aliphatic heterocycles. The molecule has 2 N–H and O–H groups in total. The van der Waals surface area contributed by atoms with Crippen LogP contribution in [0.25, 0.3) is 0 Å². The standard InChI is InChI=1S/C11H25NO/c1-4-6-10(2)9-12-11(3)7-5-8-13/h10-13H,4-9H2,1-3H3. The van der Waals surface area contributed by atoms with Gasteiger partial charge in [0.2, 0.25) is 0 Å². The smallest absolute Gasteiger partial charge is 0.0431 e. The quantitative estimate of drug-likeness (QED) is 0.610. The molecule has 2 unspecified atom stereocenters. The van der Waals surface area contributed by atoms with Gasteiger partial charge in [-0.15, -0.1) is 0 Å². The largest absolute Gasteiger partial charge is 0.396 e. The van der Waals surface area contributed by atoms with Crippen LogP contribution in [0.1, 0.15) is 46.5 Å². The van der Waals surface area contributed by atoms with Crippen molar-refractivity contribution in [2.24, 2.45) is 5.92 Å². The van der Waals surface area contributed by atoms with Crippen molar-refractivity contribution in [2.45, 2.75) is 52.5 Å². The molecular formula is C11H25NO. The van der Waals surface area contributed by atoms with E-state index in [4.69, 9.17) is 5.11 Å². The first-order chi connectivity index (χ1) is 6.20. The molecule has 0 aromatic heterocycles. The van der Waals surface area contributed by atoms with Crippen LogP contribution < -0.4 is 5.32 Å². The van der Waals surface area contributed by atoms with Crippen molar-refractivity contribution < 1.29 is 5.11 Å². The molecule has 0 fully saturated rings. The highest BCUT2D eigenvalue weighted by atomic mass is 16.2. The summed E-state index contributed by atoms with van der Waals surface area (Å²) in [5.74, 6) is 0.779. The Morgan fingerprint density at radius 1 is 1.23 bits per heavy atom. The molecule has 0 heterocycles. The van der Waals surface area contributed by atoms with Crippen molar-refractivity contribution in [3.8, 4) is 0 Å². The van der Waals surface area contributed by atoms with Gasteiger partial charge in [-0.3, -0.25) is 0 Å². The summed E-state index contributed by atoms with van der Waals surface area (Å²) in [6.07, 6.45) is 4.57. The molecule has 0 saturated carbocycles. The van der Waals surface area contributed by atoms with Gasteiger partial charge < -0.3 is 10.4 Å². The minimum atomic E-state index is 0.316. The highest BCUT2D eigenvalue weighted by Gasteiger charge is 2.03. The molecular weight excluding hydrogens is 162 g/mol. The molecule has 80 valence electrons. The normalized spacial score (nSPS) is 15.7. The molecule has 0 spiro atoms. The number of hydrogen-bond donors (Lipinski definition) is 2. The van der Waals surface area contributed by atoms with Crippen LogP contribution >= 0.6 is 0 Å². The van der Waals surface area contributed by atoms with E-state index in [0.717, 1.165) is 25.3 Å². The highest BCUT2D eigenvalue weighted by molar-refractivity contribution is 4.63. The third-order valence-electron chi connectivity index (χ3n) is 2.39. The van der Waals surface area contributed by atoms with Gasteiger partial charge in [-0.1, -0.05) is 20.3 Å². The Bertz CT molecular complexity index is 106. The van der Waals surface area contributed by atoms with Gasteiger partial charge in [-0.05, 0) is 38.6 Å². The van der Waals surface area contributed by atoms with E-state index in [1.807, 2.05) is 0 Å². The molecule has 13 heavy (non-hydrogen) atoms. The van der Waals surface area contributed by atoms with Crippen molar-refractivity contribution in [3.63, 3.8) is 0 Å². The van der Waals surface area contributed by atoms with Crippen LogP contribution in [0.4, 0.5) is 0 Å². The molecule has 0 bridgehead atoms. The average Bonchev–Trinajstić information content (AvgIpc) is 2.12. The lowest BCUT2D eigenvalue weighted by Gasteiger charge is -2.16. The van der Waals surface area contributed by atoms with Crippen molar-refractivity contribution >= 4 is 0 Å². The molecule has 0 aromatic carbocycles. The lowest BCUT2D eigenvalue weighted by atomic mass is 10.1. The van der Waals surface area contributed by atoms with Crippen LogP contribution in [0.3, 0.4) is 0 Å². The average molecular weight is 187 g/mol. The summed E-state index contributed by atoms with van der Waals surface area (Å²) in [5, 5.41) is 12.1. The van der Waals surface area contributed by atoms with Crippen molar-refractivity contribution in [2.75, 3.05) is 13.2 Å². The van der Waals surface area contributed by atoms with Gasteiger partial charge in [0.05, 0.1) is 0 Å². The first-order valence-electron chi connectivity index (χ1n) is 5.55. The lowest BCUT2D eigenvalue weighted by Crippen LogP contribution is -2.30. The fraction of sp³-hybridized carbons (Fsp3) is 1.00. The molecule has 0 aliphatic carbocycles. The summed E-state index contributed by atoms with van der Waals surface area (Å²) in [6.45, 7) is 8.13. The van der Waals surface area contributed by atoms with Crippen molar-refractivity contribution in [3.05, 3.63) is 0 Å². The third-order valence-corrected chi connectivity index (χ3v) is 2.39. The van der Waals surface area contributed by atoms with Gasteiger partial charge in [0.15, 0.2) is 0 Å². The molecule has 0 saturated heterocycles. The summed E-state index contributed by atoms with van der Waals surface area (Å²) < 4.78 is 0. The molecule has 2 nitrogen and oxygen atoms in total. The van der Waals surface area contributed by atoms with Crippen LogP contribution in [0.5, 0.6) is 0 Å². The van der Waals surface area contributed by atoms with Gasteiger partial charge in [0, 0.05) is 12.6 Å². The van der Waals surface area contributed by atoms with Crippen molar-refractivity contribution in [1.29, 1.82) is 0 Å². The Morgan fingerprint density at radius 2 is 1.92 bits per heavy atom. The van der Waals surface area contributed by atoms with Gasteiger partial charge in [-0.2, -0.15) is 0 Å². The Kier molecular flexibility index (Phi) is 8.46. The van der Waals surface area contributed by atoms with Crippen LogP contribution in [0, 0.1) is 5.92 Å². The first-order valence-corrected chi connectivity index (χ1v) is 5.55. The Labute approximate surface area is 82.7 Å². The number of hydrogen-bond acceptors (Lipinski definition) is 2. The molecule has 0 aromatic rings. The molecule has 0 aliphatic rings. The fourth-order valence-electron chi connectivity index (χ4n) is 1.50. The number of rotatable bonds is 8. The third kappa shape index (κ3) is 8.26. The fourth-order valence-corrected chi connectivity index (χ4v) is 1.50. The summed E-state index contributed by atoms with van der Waals surface area (Å²) in [5.41, 5.74) is 0. The van der Waals surface area contributed by atoms with Crippen LogP contribution in [0.2, 0.25) is 0 Å². The van der Waals surface area contributed by atoms with Gasteiger partial charge in [-0.25, -0.2) is 0 Å². The lowest BCUT2D eigenvalue weighted by molar-refractivity contribution is 0.275. The maximum absolute atomic E-state index is 8.65. The van der Waals surface area contributed by atoms with E-state index in [-0.39, 0.29) is 0 Å². The zero-order chi connectivity index (χ0) is 10.1. The minimum Gasteiger partial charge on any atom is -0.396 e. The molecule has 2 atom stereocenters. The van der Waals surface area contributed by atoms with Gasteiger partial charge >= 0.3 is 0 Å². The molecule has 2 heteroatoms. The number of aliphatic hydroxyl groups is 1. The second-order valence-corrected chi connectivity index (χ2v) is 4.07. The summed E-state index contributed by atoms with van der Waals surface area (Å²) in [7, 11) is 0. The minimum absolute atomic E-state index is 0.316. The predicted molar refractivity (Wildman–Crippen MR) is 57.9 cm³/mol. The van der Waals surface area contributed by atoms with Crippen LogP contribution in [-0.4, -0.2) is 24.3 Å². The van der Waals surface area contributed by atoms with E-state index < -0.39 is 0 Å².